The smallest absolute Gasteiger partial charge is 0.236 e. The monoisotopic (exact) mass is 421 g/mol. The lowest BCUT2D eigenvalue weighted by Gasteiger charge is -2.27. The van der Waals surface area contributed by atoms with Crippen LogP contribution in [0.15, 0.2) is 22.1 Å². The highest BCUT2D eigenvalue weighted by atomic mass is 79.9. The molecular formula is C16H16BrN5O2S. The number of nitrogens with two attached hydrogens (primary N) is 1. The molecule has 9 heteroatoms. The van der Waals surface area contributed by atoms with Gasteiger partial charge >= 0.3 is 0 Å². The van der Waals surface area contributed by atoms with Gasteiger partial charge in [-0.15, -0.1) is 11.3 Å². The Morgan fingerprint density at radius 3 is 2.84 bits per heavy atom. The Bertz CT molecular complexity index is 926. The number of pyridine rings is 1. The van der Waals surface area contributed by atoms with E-state index < -0.39 is 0 Å². The Labute approximate surface area is 156 Å². The minimum absolute atomic E-state index is 0.412. The first-order valence-electron chi connectivity index (χ1n) is 7.74. The number of methoxy groups -OCH3 is 1. The molecule has 0 spiro atoms. The first-order chi connectivity index (χ1) is 12.2. The minimum Gasteiger partial charge on any atom is -0.480 e. The van der Waals surface area contributed by atoms with E-state index in [9.17, 15) is 0 Å². The van der Waals surface area contributed by atoms with Gasteiger partial charge in [0.1, 0.15) is 5.52 Å². The molecule has 2 N–H and O–H groups in total. The fourth-order valence-electron chi connectivity index (χ4n) is 2.75. The summed E-state index contributed by atoms with van der Waals surface area (Å²) in [6.45, 7) is 2.91. The standard InChI is InChI=1S/C16H16BrN5O2S/c1-23-15-11(18)6-9(7-19-15)12-14-13(10(17)8-25-14)21-16(20-12)22-2-4-24-5-3-22/h6-8H,2-5,18H2,1H3. The molecule has 0 bridgehead atoms. The number of fused-ring (bicyclic) bond motifs is 1. The van der Waals surface area contributed by atoms with Crippen molar-refractivity contribution < 1.29 is 9.47 Å². The lowest BCUT2D eigenvalue weighted by molar-refractivity contribution is 0.122. The highest BCUT2D eigenvalue weighted by Crippen LogP contribution is 2.37. The van der Waals surface area contributed by atoms with Crippen molar-refractivity contribution in [2.75, 3.05) is 44.0 Å². The number of hydrogen-bond acceptors (Lipinski definition) is 8. The molecule has 0 radical (unpaired) electrons. The molecule has 0 amide bonds. The summed E-state index contributed by atoms with van der Waals surface area (Å²) in [5.41, 5.74) is 9.08. The molecule has 3 aromatic heterocycles. The number of morpholine rings is 1. The van der Waals surface area contributed by atoms with Crippen LogP contribution in [0.5, 0.6) is 5.88 Å². The van der Waals surface area contributed by atoms with Gasteiger partial charge in [0, 0.05) is 30.2 Å². The largest absolute Gasteiger partial charge is 0.480 e. The third-order valence-corrected chi connectivity index (χ3v) is 5.88. The van der Waals surface area contributed by atoms with E-state index in [0.717, 1.165) is 39.0 Å². The first kappa shape index (κ1) is 16.5. The minimum atomic E-state index is 0.412. The van der Waals surface area contributed by atoms with E-state index in [1.165, 1.54) is 0 Å². The molecule has 1 saturated heterocycles. The molecule has 7 nitrogen and oxygen atoms in total. The Hall–Kier alpha value is -1.97. The third kappa shape index (κ3) is 3.03. The zero-order valence-electron chi connectivity index (χ0n) is 13.5. The van der Waals surface area contributed by atoms with Crippen molar-refractivity contribution in [2.45, 2.75) is 0 Å². The summed E-state index contributed by atoms with van der Waals surface area (Å²) in [4.78, 5) is 16.0. The van der Waals surface area contributed by atoms with Crippen LogP contribution < -0.4 is 15.4 Å². The van der Waals surface area contributed by atoms with Gasteiger partial charge in [-0.25, -0.2) is 15.0 Å². The Morgan fingerprint density at radius 2 is 2.12 bits per heavy atom. The zero-order chi connectivity index (χ0) is 17.4. The lowest BCUT2D eigenvalue weighted by atomic mass is 10.2. The fourth-order valence-corrected chi connectivity index (χ4v) is 4.32. The number of thiophene rings is 1. The van der Waals surface area contributed by atoms with Crippen molar-refractivity contribution in [3.05, 3.63) is 22.1 Å². The van der Waals surface area contributed by atoms with Gasteiger partial charge in [0.05, 0.1) is 40.9 Å². The first-order valence-corrected chi connectivity index (χ1v) is 9.42. The van der Waals surface area contributed by atoms with E-state index in [2.05, 4.69) is 25.8 Å². The number of nitrogen functional groups attached to an aromatic ring is 1. The Kier molecular flexibility index (Phi) is 4.45. The summed E-state index contributed by atoms with van der Waals surface area (Å²) < 4.78 is 12.5. The molecule has 4 heterocycles. The molecule has 0 aliphatic carbocycles. The SMILES string of the molecule is COc1ncc(-c2nc(N3CCOCC3)nc3c(Br)csc23)cc1N. The summed E-state index contributed by atoms with van der Waals surface area (Å²) >= 11 is 5.18. The second kappa shape index (κ2) is 6.74. The molecule has 1 aliphatic heterocycles. The number of hydrogen-bond donors (Lipinski definition) is 1. The van der Waals surface area contributed by atoms with E-state index in [-0.39, 0.29) is 0 Å². The molecule has 3 aromatic rings. The summed E-state index contributed by atoms with van der Waals surface area (Å²) in [6, 6.07) is 1.84. The van der Waals surface area contributed by atoms with Crippen LogP contribution in [-0.4, -0.2) is 48.4 Å². The summed E-state index contributed by atoms with van der Waals surface area (Å²) in [6.07, 6.45) is 1.73. The second-order valence-electron chi connectivity index (χ2n) is 5.56. The molecule has 0 atom stereocenters. The zero-order valence-corrected chi connectivity index (χ0v) is 15.9. The normalized spacial score (nSPS) is 14.9. The van der Waals surface area contributed by atoms with Crippen LogP contribution in [0.3, 0.4) is 0 Å². The van der Waals surface area contributed by atoms with E-state index in [4.69, 9.17) is 25.2 Å². The second-order valence-corrected chi connectivity index (χ2v) is 7.29. The van der Waals surface area contributed by atoms with Crippen LogP contribution in [0.4, 0.5) is 11.6 Å². The van der Waals surface area contributed by atoms with Crippen LogP contribution in [0.1, 0.15) is 0 Å². The van der Waals surface area contributed by atoms with Crippen LogP contribution in [0.2, 0.25) is 0 Å². The Balaban J connectivity index is 1.88. The molecular weight excluding hydrogens is 406 g/mol. The fraction of sp³-hybridized carbons (Fsp3) is 0.312. The van der Waals surface area contributed by atoms with Crippen LogP contribution in [-0.2, 0) is 4.74 Å². The topological polar surface area (TPSA) is 86.4 Å². The highest BCUT2D eigenvalue weighted by Gasteiger charge is 2.20. The van der Waals surface area contributed by atoms with Crippen molar-refractivity contribution in [1.29, 1.82) is 0 Å². The number of ether oxygens (including phenoxy) is 2. The van der Waals surface area contributed by atoms with E-state index in [1.807, 2.05) is 11.4 Å². The van der Waals surface area contributed by atoms with Gasteiger partial charge in [-0.2, -0.15) is 0 Å². The highest BCUT2D eigenvalue weighted by molar-refractivity contribution is 9.10. The summed E-state index contributed by atoms with van der Waals surface area (Å²) in [5.74, 6) is 1.11. The van der Waals surface area contributed by atoms with Crippen LogP contribution in [0.25, 0.3) is 21.5 Å². The number of aromatic nitrogens is 3. The summed E-state index contributed by atoms with van der Waals surface area (Å²) in [5, 5.41) is 2.02. The quantitative estimate of drug-likeness (QED) is 0.695. The average molecular weight is 422 g/mol. The van der Waals surface area contributed by atoms with Crippen molar-refractivity contribution in [2.24, 2.45) is 0 Å². The lowest BCUT2D eigenvalue weighted by Crippen LogP contribution is -2.37. The van der Waals surface area contributed by atoms with Crippen molar-refractivity contribution in [3.8, 4) is 17.1 Å². The van der Waals surface area contributed by atoms with Gasteiger partial charge in [-0.05, 0) is 22.0 Å². The predicted molar refractivity (Wildman–Crippen MR) is 102 cm³/mol. The predicted octanol–water partition coefficient (Wildman–Crippen LogP) is 2.94. The van der Waals surface area contributed by atoms with Gasteiger partial charge in [0.25, 0.3) is 0 Å². The van der Waals surface area contributed by atoms with Crippen molar-refractivity contribution in [3.63, 3.8) is 0 Å². The number of nitrogens with zero attached hydrogens (tertiary/aromatic N) is 4. The van der Waals surface area contributed by atoms with E-state index in [1.54, 1.807) is 24.6 Å². The molecule has 25 heavy (non-hydrogen) atoms. The van der Waals surface area contributed by atoms with E-state index in [0.29, 0.717) is 30.7 Å². The van der Waals surface area contributed by atoms with Gasteiger partial charge in [0.15, 0.2) is 0 Å². The number of halogens is 1. The molecule has 4 rings (SSSR count). The molecule has 0 unspecified atom stereocenters. The number of rotatable bonds is 3. The molecule has 0 aromatic carbocycles. The molecule has 1 fully saturated rings. The maximum absolute atomic E-state index is 6.04. The van der Waals surface area contributed by atoms with E-state index >= 15 is 0 Å². The maximum Gasteiger partial charge on any atom is 0.236 e. The van der Waals surface area contributed by atoms with Crippen LogP contribution in [0, 0.1) is 0 Å². The Morgan fingerprint density at radius 1 is 1.32 bits per heavy atom. The van der Waals surface area contributed by atoms with Crippen LogP contribution >= 0.6 is 27.3 Å². The molecule has 1 aliphatic rings. The van der Waals surface area contributed by atoms with Gasteiger partial charge in [0.2, 0.25) is 11.8 Å². The van der Waals surface area contributed by atoms with Gasteiger partial charge in [-0.3, -0.25) is 0 Å². The third-order valence-electron chi connectivity index (χ3n) is 4.00. The van der Waals surface area contributed by atoms with Crippen molar-refractivity contribution >= 4 is 49.1 Å². The van der Waals surface area contributed by atoms with Gasteiger partial charge < -0.3 is 20.1 Å². The average Bonchev–Trinajstić information content (AvgIpc) is 3.03. The number of anilines is 2. The molecule has 0 saturated carbocycles. The summed E-state index contributed by atoms with van der Waals surface area (Å²) in [7, 11) is 1.55. The molecule has 130 valence electrons. The van der Waals surface area contributed by atoms with Gasteiger partial charge in [-0.1, -0.05) is 0 Å². The van der Waals surface area contributed by atoms with Crippen molar-refractivity contribution in [1.82, 2.24) is 15.0 Å². The maximum atomic E-state index is 6.04.